The fourth-order valence-corrected chi connectivity index (χ4v) is 2.19. The fraction of sp³-hybridized carbons (Fsp3) is 0.583. The van der Waals surface area contributed by atoms with Crippen LogP contribution in [0, 0.1) is 6.92 Å². The van der Waals surface area contributed by atoms with Crippen molar-refractivity contribution in [1.82, 2.24) is 19.6 Å². The Hall–Kier alpha value is -1.24. The van der Waals surface area contributed by atoms with Gasteiger partial charge in [0.25, 0.3) is 5.78 Å². The second-order valence-corrected chi connectivity index (χ2v) is 4.67. The summed E-state index contributed by atoms with van der Waals surface area (Å²) in [7, 11) is 1.65. The molecule has 1 atom stereocenters. The number of aryl methyl sites for hydroxylation is 1. The maximum atomic E-state index is 6.33. The van der Waals surface area contributed by atoms with Gasteiger partial charge in [-0.05, 0) is 13.8 Å². The molecule has 0 fully saturated rings. The molecule has 2 heterocycles. The van der Waals surface area contributed by atoms with Crippen LogP contribution in [-0.2, 0) is 15.9 Å². The van der Waals surface area contributed by atoms with Gasteiger partial charge >= 0.3 is 0 Å². The fourth-order valence-electron chi connectivity index (χ4n) is 1.86. The van der Waals surface area contributed by atoms with E-state index < -0.39 is 0 Å². The molecule has 2 rings (SSSR count). The first kappa shape index (κ1) is 14.2. The summed E-state index contributed by atoms with van der Waals surface area (Å²) in [6, 6.07) is 0. The predicted molar refractivity (Wildman–Crippen MR) is 71.5 cm³/mol. The van der Waals surface area contributed by atoms with E-state index in [4.69, 9.17) is 21.1 Å². The van der Waals surface area contributed by atoms with Crippen molar-refractivity contribution in [3.8, 4) is 0 Å². The van der Waals surface area contributed by atoms with Gasteiger partial charge in [0.1, 0.15) is 11.5 Å². The SMILES string of the molecule is COCCOC(C)Cc1c(C)nc2ncnn2c1Cl. The van der Waals surface area contributed by atoms with Crippen LogP contribution in [0.5, 0.6) is 0 Å². The van der Waals surface area contributed by atoms with Gasteiger partial charge in [-0.2, -0.15) is 14.6 Å². The van der Waals surface area contributed by atoms with Crippen molar-refractivity contribution in [3.63, 3.8) is 0 Å². The maximum Gasteiger partial charge on any atom is 0.253 e. The Balaban J connectivity index is 2.15. The Morgan fingerprint density at radius 2 is 2.21 bits per heavy atom. The second-order valence-electron chi connectivity index (χ2n) is 4.32. The molecule has 0 aliphatic rings. The largest absolute Gasteiger partial charge is 0.382 e. The zero-order valence-electron chi connectivity index (χ0n) is 11.3. The molecule has 0 aromatic carbocycles. The third-order valence-electron chi connectivity index (χ3n) is 2.85. The van der Waals surface area contributed by atoms with Gasteiger partial charge in [-0.1, -0.05) is 11.6 Å². The summed E-state index contributed by atoms with van der Waals surface area (Å²) in [4.78, 5) is 8.40. The molecule has 19 heavy (non-hydrogen) atoms. The van der Waals surface area contributed by atoms with Crippen LogP contribution < -0.4 is 0 Å². The predicted octanol–water partition coefficient (Wildman–Crippen LogP) is 1.68. The molecule has 0 amide bonds. The number of hydrogen-bond acceptors (Lipinski definition) is 5. The maximum absolute atomic E-state index is 6.33. The van der Waals surface area contributed by atoms with Gasteiger partial charge in [-0.15, -0.1) is 0 Å². The summed E-state index contributed by atoms with van der Waals surface area (Å²) in [6.45, 7) is 5.06. The van der Waals surface area contributed by atoms with E-state index in [-0.39, 0.29) is 6.10 Å². The third kappa shape index (κ3) is 3.20. The molecule has 104 valence electrons. The number of hydrogen-bond donors (Lipinski definition) is 0. The molecule has 0 radical (unpaired) electrons. The van der Waals surface area contributed by atoms with Gasteiger partial charge in [-0.3, -0.25) is 0 Å². The molecule has 0 spiro atoms. The molecule has 0 bridgehead atoms. The first-order valence-electron chi connectivity index (χ1n) is 6.08. The Labute approximate surface area is 116 Å². The van der Waals surface area contributed by atoms with Gasteiger partial charge in [0.15, 0.2) is 0 Å². The highest BCUT2D eigenvalue weighted by atomic mass is 35.5. The van der Waals surface area contributed by atoms with Crippen LogP contribution in [0.4, 0.5) is 0 Å². The molecule has 6 nitrogen and oxygen atoms in total. The highest BCUT2D eigenvalue weighted by molar-refractivity contribution is 6.30. The lowest BCUT2D eigenvalue weighted by molar-refractivity contribution is 0.0266. The molecule has 2 aromatic rings. The minimum Gasteiger partial charge on any atom is -0.382 e. The molecule has 0 saturated carbocycles. The van der Waals surface area contributed by atoms with Crippen LogP contribution in [0.3, 0.4) is 0 Å². The highest BCUT2D eigenvalue weighted by Gasteiger charge is 2.15. The molecule has 1 unspecified atom stereocenters. The summed E-state index contributed by atoms with van der Waals surface area (Å²) < 4.78 is 12.1. The van der Waals surface area contributed by atoms with E-state index in [1.54, 1.807) is 7.11 Å². The van der Waals surface area contributed by atoms with Crippen LogP contribution in [0.25, 0.3) is 5.78 Å². The van der Waals surface area contributed by atoms with Crippen molar-refractivity contribution in [2.24, 2.45) is 0 Å². The van der Waals surface area contributed by atoms with Crippen molar-refractivity contribution in [2.75, 3.05) is 20.3 Å². The zero-order chi connectivity index (χ0) is 13.8. The van der Waals surface area contributed by atoms with E-state index in [9.17, 15) is 0 Å². The standard InChI is InChI=1S/C12H17ClN4O2/c1-8(19-5-4-18-3)6-10-9(2)16-12-14-7-15-17(12)11(10)13/h7-8H,4-6H2,1-3H3. The molecular weight excluding hydrogens is 268 g/mol. The van der Waals surface area contributed by atoms with E-state index in [2.05, 4.69) is 15.1 Å². The molecule has 0 aliphatic heterocycles. The number of aromatic nitrogens is 4. The monoisotopic (exact) mass is 284 g/mol. The lowest BCUT2D eigenvalue weighted by atomic mass is 10.1. The zero-order valence-corrected chi connectivity index (χ0v) is 12.0. The lowest BCUT2D eigenvalue weighted by Crippen LogP contribution is -2.17. The number of methoxy groups -OCH3 is 1. The molecule has 0 saturated heterocycles. The molecule has 7 heteroatoms. The minimum absolute atomic E-state index is 0.0362. The third-order valence-corrected chi connectivity index (χ3v) is 3.24. The molecule has 0 aliphatic carbocycles. The summed E-state index contributed by atoms with van der Waals surface area (Å²) in [6.07, 6.45) is 2.15. The number of ether oxygens (including phenoxy) is 2. The molecule has 0 N–H and O–H groups in total. The molecular formula is C12H17ClN4O2. The van der Waals surface area contributed by atoms with Crippen LogP contribution in [0.15, 0.2) is 6.33 Å². The Morgan fingerprint density at radius 3 is 2.95 bits per heavy atom. The highest BCUT2D eigenvalue weighted by Crippen LogP contribution is 2.21. The summed E-state index contributed by atoms with van der Waals surface area (Å²) >= 11 is 6.33. The van der Waals surface area contributed by atoms with E-state index in [1.165, 1.54) is 10.8 Å². The van der Waals surface area contributed by atoms with Crippen molar-refractivity contribution in [3.05, 3.63) is 22.7 Å². The lowest BCUT2D eigenvalue weighted by Gasteiger charge is -2.15. The first-order valence-corrected chi connectivity index (χ1v) is 6.46. The van der Waals surface area contributed by atoms with Crippen LogP contribution in [0.1, 0.15) is 18.2 Å². The van der Waals surface area contributed by atoms with E-state index in [1.807, 2.05) is 13.8 Å². The Kier molecular flexibility index (Phi) is 4.68. The Morgan fingerprint density at radius 1 is 1.42 bits per heavy atom. The average molecular weight is 285 g/mol. The quantitative estimate of drug-likeness (QED) is 0.597. The van der Waals surface area contributed by atoms with Gasteiger partial charge in [0, 0.05) is 24.8 Å². The summed E-state index contributed by atoms with van der Waals surface area (Å²) in [5, 5.41) is 4.60. The second kappa shape index (κ2) is 6.27. The van der Waals surface area contributed by atoms with Crippen molar-refractivity contribution in [1.29, 1.82) is 0 Å². The number of halogens is 1. The van der Waals surface area contributed by atoms with Crippen molar-refractivity contribution < 1.29 is 9.47 Å². The topological polar surface area (TPSA) is 61.5 Å². The van der Waals surface area contributed by atoms with Crippen LogP contribution >= 0.6 is 11.6 Å². The van der Waals surface area contributed by atoms with Crippen molar-refractivity contribution >= 4 is 17.4 Å². The van der Waals surface area contributed by atoms with Gasteiger partial charge in [-0.25, -0.2) is 4.98 Å². The first-order chi connectivity index (χ1) is 9.13. The number of rotatable bonds is 6. The number of nitrogens with zero attached hydrogens (tertiary/aromatic N) is 4. The van der Waals surface area contributed by atoms with Gasteiger partial charge < -0.3 is 9.47 Å². The minimum atomic E-state index is 0.0362. The normalized spacial score (nSPS) is 13.1. The van der Waals surface area contributed by atoms with Gasteiger partial charge in [0.05, 0.1) is 19.3 Å². The van der Waals surface area contributed by atoms with E-state index >= 15 is 0 Å². The summed E-state index contributed by atoms with van der Waals surface area (Å²) in [5.41, 5.74) is 1.79. The summed E-state index contributed by atoms with van der Waals surface area (Å²) in [5.74, 6) is 0.513. The van der Waals surface area contributed by atoms with Crippen LogP contribution in [-0.4, -0.2) is 46.0 Å². The number of fused-ring (bicyclic) bond motifs is 1. The van der Waals surface area contributed by atoms with Crippen molar-refractivity contribution in [2.45, 2.75) is 26.4 Å². The van der Waals surface area contributed by atoms with Gasteiger partial charge in [0.2, 0.25) is 0 Å². The van der Waals surface area contributed by atoms with E-state index in [0.717, 1.165) is 11.3 Å². The average Bonchev–Trinajstić information content (AvgIpc) is 2.83. The Bertz CT molecular complexity index is 558. The van der Waals surface area contributed by atoms with E-state index in [0.29, 0.717) is 30.6 Å². The molecule has 2 aromatic heterocycles. The van der Waals surface area contributed by atoms with Crippen LogP contribution in [0.2, 0.25) is 5.15 Å². The smallest absolute Gasteiger partial charge is 0.253 e.